The first-order valence-electron chi connectivity index (χ1n) is 6.93. The number of benzene rings is 1. The zero-order valence-corrected chi connectivity index (χ0v) is 12.3. The molecule has 1 saturated heterocycles. The number of carbonyl (C=O) groups is 1. The van der Waals surface area contributed by atoms with Crippen molar-refractivity contribution in [2.75, 3.05) is 25.5 Å². The van der Waals surface area contributed by atoms with Gasteiger partial charge in [0.05, 0.1) is 7.11 Å². The lowest BCUT2D eigenvalue weighted by Gasteiger charge is -2.39. The fourth-order valence-corrected chi connectivity index (χ4v) is 2.44. The number of hydrogen-bond acceptors (Lipinski definition) is 3. The van der Waals surface area contributed by atoms with Gasteiger partial charge in [-0.15, -0.1) is 0 Å². The molecule has 5 heteroatoms. The zero-order chi connectivity index (χ0) is 14.6. The number of piperidine rings is 1. The summed E-state index contributed by atoms with van der Waals surface area (Å²) in [5.74, 6) is 0.774. The number of rotatable bonds is 3. The number of anilines is 1. The molecular weight excluding hydrogens is 254 g/mol. The fraction of sp³-hybridized carbons (Fsp3) is 0.533. The summed E-state index contributed by atoms with van der Waals surface area (Å²) in [7, 11) is 1.62. The van der Waals surface area contributed by atoms with Gasteiger partial charge in [0.25, 0.3) is 0 Å². The number of amides is 2. The third-order valence-electron chi connectivity index (χ3n) is 3.79. The number of carbonyl (C=O) groups excluding carboxylic acids is 1. The van der Waals surface area contributed by atoms with Crippen molar-refractivity contribution < 1.29 is 9.53 Å². The summed E-state index contributed by atoms with van der Waals surface area (Å²) in [6.45, 7) is 6.19. The summed E-state index contributed by atoms with van der Waals surface area (Å²) in [5.41, 5.74) is 0.824. The average Bonchev–Trinajstić information content (AvgIpc) is 2.42. The van der Waals surface area contributed by atoms with Gasteiger partial charge in [0.2, 0.25) is 0 Å². The molecular formula is C15H23N3O2. The standard InChI is InChI=1S/C15H23N3O2/c1-15(2)10-16-9-8-13(15)18-14(19)17-11-4-6-12(20-3)7-5-11/h4-7,13,16H,8-10H2,1-3H3,(H2,17,18,19). The predicted octanol–water partition coefficient (Wildman–Crippen LogP) is 2.20. The molecule has 1 heterocycles. The first-order valence-corrected chi connectivity index (χ1v) is 6.93. The van der Waals surface area contributed by atoms with Crippen molar-refractivity contribution in [1.82, 2.24) is 10.6 Å². The van der Waals surface area contributed by atoms with Crippen LogP contribution in [0, 0.1) is 5.41 Å². The fourth-order valence-electron chi connectivity index (χ4n) is 2.44. The van der Waals surface area contributed by atoms with E-state index in [1.807, 2.05) is 24.3 Å². The maximum absolute atomic E-state index is 12.0. The molecule has 1 unspecified atom stereocenters. The third kappa shape index (κ3) is 3.63. The van der Waals surface area contributed by atoms with Crippen LogP contribution in [-0.4, -0.2) is 32.3 Å². The molecule has 0 aliphatic carbocycles. The van der Waals surface area contributed by atoms with E-state index in [1.165, 1.54) is 0 Å². The van der Waals surface area contributed by atoms with E-state index < -0.39 is 0 Å². The Labute approximate surface area is 120 Å². The first-order chi connectivity index (χ1) is 9.51. The highest BCUT2D eigenvalue weighted by Gasteiger charge is 2.33. The number of methoxy groups -OCH3 is 1. The second-order valence-electron chi connectivity index (χ2n) is 5.83. The molecule has 1 aliphatic heterocycles. The van der Waals surface area contributed by atoms with Crippen LogP contribution in [0.3, 0.4) is 0 Å². The molecule has 1 atom stereocenters. The molecule has 1 aromatic carbocycles. The Morgan fingerprint density at radius 1 is 1.35 bits per heavy atom. The Morgan fingerprint density at radius 2 is 2.05 bits per heavy atom. The second kappa shape index (κ2) is 6.13. The van der Waals surface area contributed by atoms with Gasteiger partial charge < -0.3 is 20.7 Å². The number of hydrogen-bond donors (Lipinski definition) is 3. The Balaban J connectivity index is 1.91. The third-order valence-corrected chi connectivity index (χ3v) is 3.79. The molecule has 3 N–H and O–H groups in total. The topological polar surface area (TPSA) is 62.4 Å². The summed E-state index contributed by atoms with van der Waals surface area (Å²) in [6.07, 6.45) is 0.947. The quantitative estimate of drug-likeness (QED) is 0.793. The van der Waals surface area contributed by atoms with Gasteiger partial charge in [-0.2, -0.15) is 0 Å². The van der Waals surface area contributed by atoms with E-state index in [9.17, 15) is 4.79 Å². The van der Waals surface area contributed by atoms with Gasteiger partial charge >= 0.3 is 6.03 Å². The molecule has 2 rings (SSSR count). The van der Waals surface area contributed by atoms with Crippen LogP contribution in [0.1, 0.15) is 20.3 Å². The van der Waals surface area contributed by atoms with E-state index >= 15 is 0 Å². The highest BCUT2D eigenvalue weighted by atomic mass is 16.5. The molecule has 5 nitrogen and oxygen atoms in total. The summed E-state index contributed by atoms with van der Waals surface area (Å²) in [5, 5.41) is 9.27. The van der Waals surface area contributed by atoms with E-state index in [1.54, 1.807) is 7.11 Å². The molecule has 20 heavy (non-hydrogen) atoms. The molecule has 0 radical (unpaired) electrons. The van der Waals surface area contributed by atoms with Crippen molar-refractivity contribution in [3.63, 3.8) is 0 Å². The predicted molar refractivity (Wildman–Crippen MR) is 80.2 cm³/mol. The second-order valence-corrected chi connectivity index (χ2v) is 5.83. The van der Waals surface area contributed by atoms with Crippen molar-refractivity contribution in [2.45, 2.75) is 26.3 Å². The van der Waals surface area contributed by atoms with Gasteiger partial charge in [0, 0.05) is 18.3 Å². The molecule has 0 saturated carbocycles. The maximum atomic E-state index is 12.0. The lowest BCUT2D eigenvalue weighted by molar-refractivity contribution is 0.184. The normalized spacial score (nSPS) is 21.1. The van der Waals surface area contributed by atoms with Crippen LogP contribution in [0.15, 0.2) is 24.3 Å². The Bertz CT molecular complexity index is 457. The van der Waals surface area contributed by atoms with Crippen LogP contribution in [-0.2, 0) is 0 Å². The minimum absolute atomic E-state index is 0.0650. The van der Waals surface area contributed by atoms with E-state index in [4.69, 9.17) is 4.74 Å². The van der Waals surface area contributed by atoms with Crippen LogP contribution in [0.4, 0.5) is 10.5 Å². The minimum atomic E-state index is -0.157. The Kier molecular flexibility index (Phi) is 4.49. The summed E-state index contributed by atoms with van der Waals surface area (Å²) >= 11 is 0. The highest BCUT2D eigenvalue weighted by Crippen LogP contribution is 2.25. The minimum Gasteiger partial charge on any atom is -0.497 e. The molecule has 110 valence electrons. The van der Waals surface area contributed by atoms with Crippen molar-refractivity contribution in [2.24, 2.45) is 5.41 Å². The van der Waals surface area contributed by atoms with Crippen LogP contribution in [0.5, 0.6) is 5.75 Å². The van der Waals surface area contributed by atoms with Gasteiger partial charge in [-0.25, -0.2) is 4.79 Å². The number of ether oxygens (including phenoxy) is 1. The van der Waals surface area contributed by atoms with Crippen LogP contribution in [0.2, 0.25) is 0 Å². The zero-order valence-electron chi connectivity index (χ0n) is 12.3. The van der Waals surface area contributed by atoms with Crippen molar-refractivity contribution in [1.29, 1.82) is 0 Å². The monoisotopic (exact) mass is 277 g/mol. The van der Waals surface area contributed by atoms with Gasteiger partial charge in [-0.1, -0.05) is 13.8 Å². The number of nitrogens with one attached hydrogen (secondary N) is 3. The van der Waals surface area contributed by atoms with E-state index in [0.29, 0.717) is 0 Å². The van der Waals surface area contributed by atoms with E-state index in [-0.39, 0.29) is 17.5 Å². The van der Waals surface area contributed by atoms with Gasteiger partial charge in [0.15, 0.2) is 0 Å². The largest absolute Gasteiger partial charge is 0.497 e. The summed E-state index contributed by atoms with van der Waals surface area (Å²) < 4.78 is 5.09. The van der Waals surface area contributed by atoms with E-state index in [2.05, 4.69) is 29.8 Å². The molecule has 2 amide bonds. The Hall–Kier alpha value is -1.75. The highest BCUT2D eigenvalue weighted by molar-refractivity contribution is 5.89. The van der Waals surface area contributed by atoms with Crippen molar-refractivity contribution in [3.05, 3.63) is 24.3 Å². The maximum Gasteiger partial charge on any atom is 0.319 e. The van der Waals surface area contributed by atoms with Crippen LogP contribution in [0.25, 0.3) is 0 Å². The number of urea groups is 1. The first kappa shape index (κ1) is 14.7. The van der Waals surface area contributed by atoms with Crippen LogP contribution < -0.4 is 20.7 Å². The van der Waals surface area contributed by atoms with E-state index in [0.717, 1.165) is 30.9 Å². The molecule has 0 spiro atoms. The van der Waals surface area contributed by atoms with Crippen molar-refractivity contribution in [3.8, 4) is 5.75 Å². The van der Waals surface area contributed by atoms with Gasteiger partial charge in [-0.3, -0.25) is 0 Å². The summed E-state index contributed by atoms with van der Waals surface area (Å²) in [4.78, 5) is 12.0. The smallest absolute Gasteiger partial charge is 0.319 e. The molecule has 0 aromatic heterocycles. The van der Waals surface area contributed by atoms with Crippen molar-refractivity contribution >= 4 is 11.7 Å². The molecule has 1 aromatic rings. The lowest BCUT2D eigenvalue weighted by Crippen LogP contribution is -2.55. The van der Waals surface area contributed by atoms with Crippen LogP contribution >= 0.6 is 0 Å². The summed E-state index contributed by atoms with van der Waals surface area (Å²) in [6, 6.07) is 7.32. The van der Waals surface area contributed by atoms with Gasteiger partial charge in [-0.05, 0) is 42.6 Å². The van der Waals surface area contributed by atoms with Gasteiger partial charge in [0.1, 0.15) is 5.75 Å². The molecule has 1 aliphatic rings. The molecule has 0 bridgehead atoms. The SMILES string of the molecule is COc1ccc(NC(=O)NC2CCNCC2(C)C)cc1. The average molecular weight is 277 g/mol. The Morgan fingerprint density at radius 3 is 2.65 bits per heavy atom. The lowest BCUT2D eigenvalue weighted by atomic mass is 9.80. The molecule has 1 fully saturated rings.